The predicted molar refractivity (Wildman–Crippen MR) is 113 cm³/mol. The molecule has 3 aromatic rings. The number of hydrogen-bond donors (Lipinski definition) is 1. The topological polar surface area (TPSA) is 47.6 Å². The van der Waals surface area contributed by atoms with Gasteiger partial charge in [-0.1, -0.05) is 42.0 Å². The smallest absolute Gasteiger partial charge is 0.227 e. The molecule has 1 atom stereocenters. The van der Waals surface area contributed by atoms with Crippen molar-refractivity contribution in [1.82, 2.24) is 5.32 Å². The van der Waals surface area contributed by atoms with Gasteiger partial charge in [0.1, 0.15) is 11.5 Å². The number of fused-ring (bicyclic) bond motifs is 1. The summed E-state index contributed by atoms with van der Waals surface area (Å²) in [6.45, 7) is 4.57. The van der Waals surface area contributed by atoms with Crippen molar-refractivity contribution in [3.63, 3.8) is 0 Å². The molecule has 0 saturated carbocycles. The van der Waals surface area contributed by atoms with E-state index in [4.69, 9.17) is 9.47 Å². The third kappa shape index (κ3) is 4.45. The van der Waals surface area contributed by atoms with Crippen LogP contribution >= 0.6 is 0 Å². The molecular formula is C24H27NO3. The Labute approximate surface area is 166 Å². The van der Waals surface area contributed by atoms with Gasteiger partial charge in [-0.05, 0) is 60.4 Å². The molecule has 0 aliphatic rings. The number of aryl methyl sites for hydroxylation is 1. The number of rotatable bonds is 7. The van der Waals surface area contributed by atoms with Crippen LogP contribution in [0.15, 0.2) is 54.6 Å². The number of carbonyl (C=O) groups excluding carboxylic acids is 1. The summed E-state index contributed by atoms with van der Waals surface area (Å²) in [5, 5.41) is 5.25. The van der Waals surface area contributed by atoms with Crippen LogP contribution in [-0.2, 0) is 11.2 Å². The van der Waals surface area contributed by atoms with Crippen LogP contribution in [0.1, 0.15) is 29.5 Å². The SMILES string of the molecule is COc1ccc2cc(C(C)C(=O)NCCc3cc(C)ccc3OC)ccc2c1. The molecule has 28 heavy (non-hydrogen) atoms. The van der Waals surface area contributed by atoms with E-state index in [1.54, 1.807) is 14.2 Å². The van der Waals surface area contributed by atoms with Gasteiger partial charge in [0.15, 0.2) is 0 Å². The molecule has 0 fully saturated rings. The molecule has 0 bridgehead atoms. The van der Waals surface area contributed by atoms with Crippen molar-refractivity contribution < 1.29 is 14.3 Å². The maximum atomic E-state index is 12.6. The van der Waals surface area contributed by atoms with E-state index in [-0.39, 0.29) is 11.8 Å². The molecule has 0 radical (unpaired) electrons. The molecule has 1 amide bonds. The van der Waals surface area contributed by atoms with Gasteiger partial charge in [-0.25, -0.2) is 0 Å². The lowest BCUT2D eigenvalue weighted by molar-refractivity contribution is -0.122. The Bertz CT molecular complexity index is 981. The van der Waals surface area contributed by atoms with Crippen LogP contribution in [-0.4, -0.2) is 26.7 Å². The zero-order chi connectivity index (χ0) is 20.1. The van der Waals surface area contributed by atoms with Crippen molar-refractivity contribution in [2.24, 2.45) is 0 Å². The summed E-state index contributed by atoms with van der Waals surface area (Å²) in [5.41, 5.74) is 3.29. The summed E-state index contributed by atoms with van der Waals surface area (Å²) in [6, 6.07) is 18.2. The van der Waals surface area contributed by atoms with E-state index in [2.05, 4.69) is 24.4 Å². The summed E-state index contributed by atoms with van der Waals surface area (Å²) >= 11 is 0. The quantitative estimate of drug-likeness (QED) is 0.653. The maximum Gasteiger partial charge on any atom is 0.227 e. The molecule has 0 aliphatic carbocycles. The second-order valence-electron chi connectivity index (χ2n) is 7.05. The molecule has 1 N–H and O–H groups in total. The van der Waals surface area contributed by atoms with Gasteiger partial charge in [0.2, 0.25) is 5.91 Å². The monoisotopic (exact) mass is 377 g/mol. The van der Waals surface area contributed by atoms with Crippen LogP contribution in [0.25, 0.3) is 10.8 Å². The molecule has 0 saturated heterocycles. The Balaban J connectivity index is 1.64. The van der Waals surface area contributed by atoms with E-state index in [0.717, 1.165) is 39.8 Å². The first-order chi connectivity index (χ1) is 13.5. The minimum absolute atomic E-state index is 0.0273. The average molecular weight is 377 g/mol. The average Bonchev–Trinajstić information content (AvgIpc) is 2.72. The number of ether oxygens (including phenoxy) is 2. The molecule has 4 nitrogen and oxygen atoms in total. The van der Waals surface area contributed by atoms with Crippen LogP contribution in [0.5, 0.6) is 11.5 Å². The highest BCUT2D eigenvalue weighted by molar-refractivity contribution is 5.88. The number of nitrogens with one attached hydrogen (secondary N) is 1. The largest absolute Gasteiger partial charge is 0.497 e. The lowest BCUT2D eigenvalue weighted by atomic mass is 9.97. The van der Waals surface area contributed by atoms with Crippen molar-refractivity contribution in [3.05, 3.63) is 71.3 Å². The van der Waals surface area contributed by atoms with Crippen molar-refractivity contribution in [1.29, 1.82) is 0 Å². The predicted octanol–water partition coefficient (Wildman–Crippen LogP) is 4.63. The summed E-state index contributed by atoms with van der Waals surface area (Å²) < 4.78 is 10.7. The van der Waals surface area contributed by atoms with Gasteiger partial charge >= 0.3 is 0 Å². The summed E-state index contributed by atoms with van der Waals surface area (Å²) in [7, 11) is 3.33. The zero-order valence-corrected chi connectivity index (χ0v) is 16.9. The molecule has 0 aromatic heterocycles. The summed E-state index contributed by atoms with van der Waals surface area (Å²) in [4.78, 5) is 12.6. The van der Waals surface area contributed by atoms with Crippen LogP contribution in [0.3, 0.4) is 0 Å². The van der Waals surface area contributed by atoms with Gasteiger partial charge in [0.05, 0.1) is 20.1 Å². The molecule has 146 valence electrons. The van der Waals surface area contributed by atoms with E-state index in [0.29, 0.717) is 6.54 Å². The lowest BCUT2D eigenvalue weighted by Gasteiger charge is -2.15. The normalized spacial score (nSPS) is 11.9. The second-order valence-corrected chi connectivity index (χ2v) is 7.05. The summed E-state index contributed by atoms with van der Waals surface area (Å²) in [5.74, 6) is 1.50. The van der Waals surface area contributed by atoms with E-state index in [1.807, 2.05) is 49.4 Å². The molecule has 3 aromatic carbocycles. The number of hydrogen-bond acceptors (Lipinski definition) is 3. The zero-order valence-electron chi connectivity index (χ0n) is 16.9. The van der Waals surface area contributed by atoms with E-state index in [9.17, 15) is 4.79 Å². The van der Waals surface area contributed by atoms with Gasteiger partial charge in [-0.3, -0.25) is 4.79 Å². The fourth-order valence-corrected chi connectivity index (χ4v) is 3.37. The van der Waals surface area contributed by atoms with Crippen LogP contribution in [0.2, 0.25) is 0 Å². The molecule has 0 heterocycles. The molecule has 3 rings (SSSR count). The van der Waals surface area contributed by atoms with Crippen LogP contribution in [0.4, 0.5) is 0 Å². The standard InChI is InChI=1S/C24H27NO3/c1-16-5-10-23(28-4)21(13-16)11-12-25-24(26)17(2)18-6-7-20-15-22(27-3)9-8-19(20)14-18/h5-10,13-15,17H,11-12H2,1-4H3,(H,25,26). The van der Waals surface area contributed by atoms with Gasteiger partial charge in [0.25, 0.3) is 0 Å². The highest BCUT2D eigenvalue weighted by atomic mass is 16.5. The van der Waals surface area contributed by atoms with Crippen molar-refractivity contribution in [3.8, 4) is 11.5 Å². The van der Waals surface area contributed by atoms with Gasteiger partial charge < -0.3 is 14.8 Å². The molecular weight excluding hydrogens is 350 g/mol. The fraction of sp³-hybridized carbons (Fsp3) is 0.292. The second kappa shape index (κ2) is 8.79. The van der Waals surface area contributed by atoms with Crippen LogP contribution in [0, 0.1) is 6.92 Å². The van der Waals surface area contributed by atoms with Crippen LogP contribution < -0.4 is 14.8 Å². The van der Waals surface area contributed by atoms with Gasteiger partial charge in [-0.2, -0.15) is 0 Å². The maximum absolute atomic E-state index is 12.6. The minimum atomic E-state index is -0.217. The number of benzene rings is 3. The lowest BCUT2D eigenvalue weighted by Crippen LogP contribution is -2.29. The van der Waals surface area contributed by atoms with Crippen molar-refractivity contribution in [2.45, 2.75) is 26.2 Å². The Hall–Kier alpha value is -3.01. The first kappa shape index (κ1) is 19.7. The Morgan fingerprint density at radius 2 is 1.71 bits per heavy atom. The molecule has 1 unspecified atom stereocenters. The highest BCUT2D eigenvalue weighted by Crippen LogP contribution is 2.25. The highest BCUT2D eigenvalue weighted by Gasteiger charge is 2.15. The molecule has 0 spiro atoms. The van der Waals surface area contributed by atoms with E-state index < -0.39 is 0 Å². The number of amides is 1. The third-order valence-corrected chi connectivity index (χ3v) is 5.09. The third-order valence-electron chi connectivity index (χ3n) is 5.09. The van der Waals surface area contributed by atoms with Gasteiger partial charge in [-0.15, -0.1) is 0 Å². The molecule has 4 heteroatoms. The Morgan fingerprint density at radius 1 is 0.964 bits per heavy atom. The fourth-order valence-electron chi connectivity index (χ4n) is 3.37. The number of methoxy groups -OCH3 is 2. The van der Waals surface area contributed by atoms with Gasteiger partial charge in [0, 0.05) is 6.54 Å². The first-order valence-corrected chi connectivity index (χ1v) is 9.50. The minimum Gasteiger partial charge on any atom is -0.497 e. The summed E-state index contributed by atoms with van der Waals surface area (Å²) in [6.07, 6.45) is 0.737. The Kier molecular flexibility index (Phi) is 6.19. The first-order valence-electron chi connectivity index (χ1n) is 9.50. The van der Waals surface area contributed by atoms with E-state index >= 15 is 0 Å². The van der Waals surface area contributed by atoms with E-state index in [1.165, 1.54) is 5.56 Å². The number of carbonyl (C=O) groups is 1. The van der Waals surface area contributed by atoms with Crippen molar-refractivity contribution in [2.75, 3.05) is 20.8 Å². The molecule has 0 aliphatic heterocycles. The van der Waals surface area contributed by atoms with Crippen molar-refractivity contribution >= 4 is 16.7 Å². The Morgan fingerprint density at radius 3 is 2.46 bits per heavy atom.